The molecule has 0 radical (unpaired) electrons. The van der Waals surface area contributed by atoms with Crippen LogP contribution in [0.2, 0.25) is 0 Å². The zero-order chi connectivity index (χ0) is 84.6. The Morgan fingerprint density at radius 2 is 0.608 bits per heavy atom. The minimum Gasteiger partial charge on any atom is -0.489 e. The largest absolute Gasteiger partial charge is 0.489 e. The fourth-order valence-electron chi connectivity index (χ4n) is 16.4. The summed E-state index contributed by atoms with van der Waals surface area (Å²) < 4.78 is 19.3. The number of rotatable bonds is 20. The first kappa shape index (κ1) is 83.8. The lowest BCUT2D eigenvalue weighted by Gasteiger charge is -2.30. The molecule has 14 aromatic carbocycles. The molecule has 0 amide bonds. The minimum atomic E-state index is -0.182. The highest BCUT2D eigenvalue weighted by Gasteiger charge is 2.23. The third kappa shape index (κ3) is 18.6. The molecule has 4 unspecified atom stereocenters. The van der Waals surface area contributed by atoms with E-state index in [1.807, 2.05) is 38.1 Å². The number of hydrogen-bond donors (Lipinski definition) is 0. The molecule has 0 spiro atoms. The van der Waals surface area contributed by atoms with Crippen molar-refractivity contribution in [3.05, 3.63) is 370 Å². The van der Waals surface area contributed by atoms with E-state index in [0.29, 0.717) is 30.2 Å². The molecule has 120 heavy (non-hydrogen) atoms. The molecule has 8 heteroatoms. The van der Waals surface area contributed by atoms with Crippen molar-refractivity contribution in [3.63, 3.8) is 0 Å². The Morgan fingerprint density at radius 1 is 0.300 bits per heavy atom. The highest BCUT2D eigenvalue weighted by Crippen LogP contribution is 2.45. The molecule has 4 atom stereocenters. The van der Waals surface area contributed by atoms with Crippen LogP contribution in [-0.4, -0.2) is 19.7 Å². The Labute approximate surface area is 711 Å². The van der Waals surface area contributed by atoms with Gasteiger partial charge >= 0.3 is 5.97 Å². The van der Waals surface area contributed by atoms with Crippen molar-refractivity contribution in [2.45, 2.75) is 175 Å². The van der Waals surface area contributed by atoms with E-state index in [4.69, 9.17) is 9.47 Å². The second kappa shape index (κ2) is 37.1. The molecule has 0 fully saturated rings. The quantitative estimate of drug-likeness (QED) is 0.0562. The Bertz CT molecular complexity index is 6110. The van der Waals surface area contributed by atoms with Crippen molar-refractivity contribution in [1.29, 1.82) is 0 Å². The van der Waals surface area contributed by atoms with Gasteiger partial charge in [0.25, 0.3) is 0 Å². The number of carbonyl (C=O) groups excluding carboxylic acids is 1. The maximum absolute atomic E-state index is 12.0. The zero-order valence-corrected chi connectivity index (χ0v) is 73.6. The predicted octanol–water partition coefficient (Wildman–Crippen LogP) is 31.6. The van der Waals surface area contributed by atoms with Gasteiger partial charge < -0.3 is 33.0 Å². The molecule has 0 bridgehead atoms. The first-order chi connectivity index (χ1) is 57.9. The van der Waals surface area contributed by atoms with Crippen LogP contribution in [-0.2, 0) is 11.4 Å². The van der Waals surface area contributed by atoms with E-state index < -0.39 is 0 Å². The summed E-state index contributed by atoms with van der Waals surface area (Å²) in [5, 5.41) is 7.96. The Hall–Kier alpha value is -12.7. The van der Waals surface area contributed by atoms with Gasteiger partial charge in [0, 0.05) is 95.6 Å². The average Bonchev–Trinajstić information content (AvgIpc) is 1.59. The van der Waals surface area contributed by atoms with Crippen LogP contribution >= 0.6 is 0 Å². The minimum absolute atomic E-state index is 0.0940. The monoisotopic (exact) mass is 1580 g/mol. The molecule has 17 aromatic rings. The number of aromatic nitrogens is 3. The van der Waals surface area contributed by atoms with Crippen molar-refractivity contribution in [2.75, 3.05) is 9.80 Å². The first-order valence-electron chi connectivity index (χ1n) is 43.1. The molecule has 0 saturated heterocycles. The van der Waals surface area contributed by atoms with E-state index in [2.05, 4.69) is 407 Å². The smallest absolute Gasteiger partial charge is 0.314 e. The Balaban J connectivity index is 0.000000140. The van der Waals surface area contributed by atoms with E-state index in [1.54, 1.807) is 0 Å². The van der Waals surface area contributed by atoms with Gasteiger partial charge in [-0.1, -0.05) is 203 Å². The highest BCUT2D eigenvalue weighted by molar-refractivity contribution is 6.11. The third-order valence-electron chi connectivity index (χ3n) is 24.0. The lowest BCUT2D eigenvalue weighted by molar-refractivity contribution is -0.138. The van der Waals surface area contributed by atoms with Crippen LogP contribution in [0.1, 0.15) is 171 Å². The summed E-state index contributed by atoms with van der Waals surface area (Å²) in [7, 11) is 0. The van der Waals surface area contributed by atoms with Crippen LogP contribution in [0.25, 0.3) is 76.8 Å². The van der Waals surface area contributed by atoms with Gasteiger partial charge in [0.15, 0.2) is 0 Å². The fraction of sp³-hybridized carbons (Fsp3) is 0.241. The van der Waals surface area contributed by atoms with Gasteiger partial charge in [-0.3, -0.25) is 4.79 Å². The van der Waals surface area contributed by atoms with Crippen LogP contribution in [0.4, 0.5) is 34.1 Å². The predicted molar refractivity (Wildman–Crippen MR) is 512 cm³/mol. The molecule has 0 aliphatic heterocycles. The van der Waals surface area contributed by atoms with Gasteiger partial charge in [-0.15, -0.1) is 0 Å². The molecule has 0 N–H and O–H groups in total. The summed E-state index contributed by atoms with van der Waals surface area (Å²) in [5.74, 6) is 2.27. The number of carbonyl (C=O) groups is 1. The topological polar surface area (TPSA) is 56.8 Å². The molecular formula is C112H117N5O3. The maximum Gasteiger partial charge on any atom is 0.314 e. The lowest BCUT2D eigenvalue weighted by atomic mass is 9.98. The third-order valence-corrected chi connectivity index (χ3v) is 24.0. The average molecular weight is 1580 g/mol. The number of nitrogens with zero attached hydrogens (tertiary/aromatic N) is 5. The standard InChI is InChI=1S/C45H46N2O.C25H25NO2.C24H25N.C18H21N/c1-7-36(6)38-22-20-37(21-23-38)31-48-45-29-43(46(39-16-8-12-32(2)24-39)40-17-9-13-33(3)25-40)28-44(30-45)47(41-18-10-14-34(4)26-41)42-19-11-15-35(5)27-42;1-5-18(4)25(27)28-20-10-8-19(9-11-20)26-23-12-6-16(2)14-21(23)22-15-17(3)7-13-24(22)26;1-5-18(4)19-8-10-20(11-9-19)25-23-12-6-16(2)14-21(23)22-15-17(3)7-13-24(22)25;1-5-14(4)19-17-8-6-12(2)10-15(17)16-11-13(3)7-9-18(16)19/h8-30,36H,7,31H2,1-6H3;6-15,18H,5H2,1-4H3;6-15,18H,5H2,1-4H3;6-11,14H,5H2,1-4H3. The van der Waals surface area contributed by atoms with E-state index >= 15 is 0 Å². The van der Waals surface area contributed by atoms with E-state index in [9.17, 15) is 4.79 Å². The Kier molecular flexibility index (Phi) is 25.9. The number of anilines is 6. The zero-order valence-electron chi connectivity index (χ0n) is 73.6. The van der Waals surface area contributed by atoms with Gasteiger partial charge in [-0.05, 0) is 316 Å². The Morgan fingerprint density at radius 3 is 0.925 bits per heavy atom. The van der Waals surface area contributed by atoms with Gasteiger partial charge in [0.05, 0.1) is 39.4 Å². The summed E-state index contributed by atoms with van der Waals surface area (Å²) in [5.41, 5.74) is 32.9. The van der Waals surface area contributed by atoms with Gasteiger partial charge in [-0.25, -0.2) is 0 Å². The van der Waals surface area contributed by atoms with Crippen molar-refractivity contribution < 1.29 is 14.3 Å². The van der Waals surface area contributed by atoms with Crippen molar-refractivity contribution >= 4 is 106 Å². The van der Waals surface area contributed by atoms with Crippen LogP contribution in [0.15, 0.2) is 297 Å². The summed E-state index contributed by atoms with van der Waals surface area (Å²) in [6.07, 6.45) is 4.23. The number of hydrogen-bond acceptors (Lipinski definition) is 5. The van der Waals surface area contributed by atoms with Gasteiger partial charge in [-0.2, -0.15) is 0 Å². The second-order valence-electron chi connectivity index (χ2n) is 33.6. The lowest BCUT2D eigenvalue weighted by Crippen LogP contribution is -2.16. The van der Waals surface area contributed by atoms with Crippen molar-refractivity contribution in [3.8, 4) is 22.9 Å². The second-order valence-corrected chi connectivity index (χ2v) is 33.6. The van der Waals surface area contributed by atoms with Gasteiger partial charge in [0.1, 0.15) is 18.1 Å². The van der Waals surface area contributed by atoms with Crippen LogP contribution in [0, 0.1) is 75.2 Å². The SMILES string of the molecule is CCC(C)C(=O)Oc1ccc(-n2c3ccc(C)cc3c3cc(C)ccc32)cc1.CCC(C)c1ccc(-n2c3ccc(C)cc3c3cc(C)ccc32)cc1.CCC(C)c1ccc(COc2cc(N(c3cccc(C)c3)c3cccc(C)c3)cc(N(c3cccc(C)c3)c3cccc(C)c3)c2)cc1.CCC(C)n1c2ccc(C)cc2c2cc(C)ccc21. The number of benzene rings is 14. The summed E-state index contributed by atoms with van der Waals surface area (Å²) >= 11 is 0. The van der Waals surface area contributed by atoms with Crippen LogP contribution in [0.3, 0.4) is 0 Å². The highest BCUT2D eigenvalue weighted by atomic mass is 16.5. The van der Waals surface area contributed by atoms with Crippen molar-refractivity contribution in [1.82, 2.24) is 13.7 Å². The van der Waals surface area contributed by atoms with Crippen LogP contribution < -0.4 is 19.3 Å². The first-order valence-corrected chi connectivity index (χ1v) is 43.1. The molecule has 0 saturated carbocycles. The van der Waals surface area contributed by atoms with Crippen LogP contribution in [0.5, 0.6) is 11.5 Å². The molecule has 8 nitrogen and oxygen atoms in total. The molecule has 17 rings (SSSR count). The van der Waals surface area contributed by atoms with E-state index in [-0.39, 0.29) is 11.9 Å². The summed E-state index contributed by atoms with van der Waals surface area (Å²) in [6.45, 7) is 39.5. The number of ether oxygens (including phenoxy) is 2. The van der Waals surface area contributed by atoms with Gasteiger partial charge in [0.2, 0.25) is 0 Å². The normalized spacial score (nSPS) is 12.3. The molecule has 0 aliphatic carbocycles. The molecular weight excluding hydrogens is 1460 g/mol. The number of esters is 1. The summed E-state index contributed by atoms with van der Waals surface area (Å²) in [6, 6.07) is 108. The summed E-state index contributed by atoms with van der Waals surface area (Å²) in [4.78, 5) is 16.7. The molecule has 3 heterocycles. The van der Waals surface area contributed by atoms with Crippen molar-refractivity contribution in [2.24, 2.45) is 5.92 Å². The van der Waals surface area contributed by atoms with E-state index in [1.165, 1.54) is 144 Å². The maximum atomic E-state index is 12.0. The molecule has 608 valence electrons. The number of fused-ring (bicyclic) bond motifs is 9. The number of aryl methyl sites for hydroxylation is 10. The molecule has 3 aromatic heterocycles. The molecule has 0 aliphatic rings. The fourth-order valence-corrected chi connectivity index (χ4v) is 16.4. The van der Waals surface area contributed by atoms with E-state index in [0.717, 1.165) is 70.4 Å².